The summed E-state index contributed by atoms with van der Waals surface area (Å²) in [5.74, 6) is 1.13. The van der Waals surface area contributed by atoms with Crippen molar-refractivity contribution in [2.24, 2.45) is 5.92 Å². The number of carbonyl (C=O) groups is 1. The highest BCUT2D eigenvalue weighted by Gasteiger charge is 2.25. The van der Waals surface area contributed by atoms with Crippen LogP contribution in [0.5, 0.6) is 5.75 Å². The number of rotatable bonds is 6. The molecule has 4 nitrogen and oxygen atoms in total. The molecule has 5 heteroatoms. The van der Waals surface area contributed by atoms with Crippen LogP contribution in [-0.2, 0) is 11.3 Å². The minimum Gasteiger partial charge on any atom is -0.497 e. The van der Waals surface area contributed by atoms with Gasteiger partial charge in [-0.05, 0) is 68.1 Å². The van der Waals surface area contributed by atoms with Crippen molar-refractivity contribution in [1.29, 1.82) is 0 Å². The Hall–Kier alpha value is -1.98. The molecule has 1 amide bonds. The van der Waals surface area contributed by atoms with Gasteiger partial charge in [-0.15, -0.1) is 11.8 Å². The molecule has 1 N–H and O–H groups in total. The van der Waals surface area contributed by atoms with E-state index in [0.29, 0.717) is 0 Å². The van der Waals surface area contributed by atoms with Crippen molar-refractivity contribution in [3.63, 3.8) is 0 Å². The predicted molar refractivity (Wildman–Crippen MR) is 108 cm³/mol. The lowest BCUT2D eigenvalue weighted by molar-refractivity contribution is -0.121. The molecule has 0 saturated carbocycles. The molecule has 2 aromatic carbocycles. The Balaban J connectivity index is 1.50. The van der Waals surface area contributed by atoms with Gasteiger partial charge in [-0.2, -0.15) is 0 Å². The smallest absolute Gasteiger partial charge is 0.227 e. The fourth-order valence-corrected chi connectivity index (χ4v) is 3.79. The number of nitrogens with zero attached hydrogens (tertiary/aromatic N) is 1. The van der Waals surface area contributed by atoms with Gasteiger partial charge in [-0.25, -0.2) is 0 Å². The number of thioether (sulfide) groups is 1. The minimum absolute atomic E-state index is 0.0921. The number of nitrogens with one attached hydrogen (secondary N) is 1. The van der Waals surface area contributed by atoms with E-state index in [1.807, 2.05) is 36.6 Å². The molecule has 138 valence electrons. The fourth-order valence-electron chi connectivity index (χ4n) is 3.33. The number of methoxy groups -OCH3 is 1. The second-order valence-electron chi connectivity index (χ2n) is 6.62. The van der Waals surface area contributed by atoms with E-state index in [1.165, 1.54) is 5.56 Å². The fraction of sp³-hybridized carbons (Fsp3) is 0.381. The minimum atomic E-state index is 0.0921. The van der Waals surface area contributed by atoms with Crippen molar-refractivity contribution in [2.45, 2.75) is 24.3 Å². The summed E-state index contributed by atoms with van der Waals surface area (Å²) in [5.41, 5.74) is 2.14. The Kier molecular flexibility index (Phi) is 6.58. The molecule has 0 aliphatic carbocycles. The van der Waals surface area contributed by atoms with Gasteiger partial charge in [0.05, 0.1) is 7.11 Å². The highest BCUT2D eigenvalue weighted by molar-refractivity contribution is 7.98. The molecular formula is C21H26N2O2S. The van der Waals surface area contributed by atoms with Gasteiger partial charge in [0.2, 0.25) is 5.91 Å². The van der Waals surface area contributed by atoms with Crippen molar-refractivity contribution in [1.82, 2.24) is 4.90 Å². The third kappa shape index (κ3) is 5.02. The molecule has 0 aromatic heterocycles. The van der Waals surface area contributed by atoms with Crippen LogP contribution in [0.2, 0.25) is 0 Å². The summed E-state index contributed by atoms with van der Waals surface area (Å²) in [7, 11) is 1.69. The molecule has 26 heavy (non-hydrogen) atoms. The molecule has 1 fully saturated rings. The summed E-state index contributed by atoms with van der Waals surface area (Å²) < 4.78 is 5.29. The number of anilines is 1. The van der Waals surface area contributed by atoms with Crippen molar-refractivity contribution in [3.8, 4) is 5.75 Å². The number of ether oxygens (including phenoxy) is 1. The third-order valence-electron chi connectivity index (χ3n) is 4.84. The molecule has 1 aliphatic rings. The normalized spacial score (nSPS) is 15.6. The zero-order chi connectivity index (χ0) is 18.4. The Morgan fingerprint density at radius 2 is 1.96 bits per heavy atom. The molecule has 0 radical (unpaired) electrons. The number of carbonyl (C=O) groups excluding carboxylic acids is 1. The number of piperidine rings is 1. The first kappa shape index (κ1) is 18.8. The van der Waals surface area contributed by atoms with Gasteiger partial charge in [0, 0.05) is 23.0 Å². The van der Waals surface area contributed by atoms with Gasteiger partial charge < -0.3 is 10.1 Å². The maximum atomic E-state index is 12.6. The van der Waals surface area contributed by atoms with Crippen molar-refractivity contribution < 1.29 is 9.53 Å². The van der Waals surface area contributed by atoms with Crippen LogP contribution in [0.15, 0.2) is 53.4 Å². The maximum Gasteiger partial charge on any atom is 0.227 e. The van der Waals surface area contributed by atoms with E-state index in [-0.39, 0.29) is 11.8 Å². The van der Waals surface area contributed by atoms with Crippen LogP contribution in [0.1, 0.15) is 18.4 Å². The Bertz CT molecular complexity index is 742. The molecule has 0 atom stereocenters. The van der Waals surface area contributed by atoms with E-state index < -0.39 is 0 Å². The third-order valence-corrected chi connectivity index (χ3v) is 5.56. The van der Waals surface area contributed by atoms with Crippen LogP contribution < -0.4 is 10.1 Å². The first-order chi connectivity index (χ1) is 12.7. The molecular weight excluding hydrogens is 344 g/mol. The molecule has 0 spiro atoms. The first-order valence-electron chi connectivity index (χ1n) is 8.98. The predicted octanol–water partition coefficient (Wildman–Crippen LogP) is 4.27. The summed E-state index contributed by atoms with van der Waals surface area (Å²) in [6.07, 6.45) is 3.84. The number of likely N-dealkylation sites (tertiary alicyclic amines) is 1. The van der Waals surface area contributed by atoms with E-state index in [2.05, 4.69) is 28.4 Å². The second-order valence-corrected chi connectivity index (χ2v) is 7.50. The molecule has 0 unspecified atom stereocenters. The molecule has 1 saturated heterocycles. The summed E-state index contributed by atoms with van der Waals surface area (Å²) in [5, 5.41) is 3.08. The first-order valence-corrected chi connectivity index (χ1v) is 10.2. The van der Waals surface area contributed by atoms with Crippen LogP contribution >= 0.6 is 11.8 Å². The highest BCUT2D eigenvalue weighted by Crippen LogP contribution is 2.23. The zero-order valence-electron chi connectivity index (χ0n) is 15.4. The van der Waals surface area contributed by atoms with Gasteiger partial charge in [0.25, 0.3) is 0 Å². The lowest BCUT2D eigenvalue weighted by atomic mass is 9.95. The maximum absolute atomic E-state index is 12.6. The van der Waals surface area contributed by atoms with Crippen molar-refractivity contribution in [3.05, 3.63) is 54.1 Å². The molecule has 1 aliphatic heterocycles. The highest BCUT2D eigenvalue weighted by atomic mass is 32.2. The number of amides is 1. The van der Waals surface area contributed by atoms with Crippen molar-refractivity contribution in [2.75, 3.05) is 31.8 Å². The quantitative estimate of drug-likeness (QED) is 0.771. The Morgan fingerprint density at radius 3 is 2.69 bits per heavy atom. The SMILES string of the molecule is COc1cccc(CN2CCC(C(=O)Nc3cccc(SC)c3)CC2)c1. The molecule has 0 bridgehead atoms. The Labute approximate surface area is 159 Å². The monoisotopic (exact) mass is 370 g/mol. The zero-order valence-corrected chi connectivity index (χ0v) is 16.2. The lowest BCUT2D eigenvalue weighted by Gasteiger charge is -2.31. The number of hydrogen-bond donors (Lipinski definition) is 1. The van der Waals surface area contributed by atoms with Crippen LogP contribution in [0.4, 0.5) is 5.69 Å². The average Bonchev–Trinajstić information content (AvgIpc) is 2.69. The van der Waals surface area contributed by atoms with Crippen molar-refractivity contribution >= 4 is 23.4 Å². The second kappa shape index (κ2) is 9.10. The summed E-state index contributed by atoms with van der Waals surface area (Å²) in [6, 6.07) is 16.2. The van der Waals surface area contributed by atoms with E-state index >= 15 is 0 Å². The average molecular weight is 371 g/mol. The number of hydrogen-bond acceptors (Lipinski definition) is 4. The molecule has 3 rings (SSSR count). The number of benzene rings is 2. The van der Waals surface area contributed by atoms with Gasteiger partial charge in [-0.3, -0.25) is 9.69 Å². The van der Waals surface area contributed by atoms with Crippen LogP contribution in [-0.4, -0.2) is 37.3 Å². The van der Waals surface area contributed by atoms with Gasteiger partial charge in [0.1, 0.15) is 5.75 Å². The summed E-state index contributed by atoms with van der Waals surface area (Å²) >= 11 is 1.68. The van der Waals surface area contributed by atoms with Gasteiger partial charge in [0.15, 0.2) is 0 Å². The van der Waals surface area contributed by atoms with Crippen LogP contribution in [0, 0.1) is 5.92 Å². The van der Waals surface area contributed by atoms with Gasteiger partial charge in [-0.1, -0.05) is 18.2 Å². The topological polar surface area (TPSA) is 41.6 Å². The van der Waals surface area contributed by atoms with Gasteiger partial charge >= 0.3 is 0 Å². The molecule has 2 aromatic rings. The molecule has 1 heterocycles. The van der Waals surface area contributed by atoms with E-state index in [0.717, 1.165) is 48.8 Å². The van der Waals surface area contributed by atoms with E-state index in [4.69, 9.17) is 4.74 Å². The van der Waals surface area contributed by atoms with Crippen LogP contribution in [0.3, 0.4) is 0 Å². The summed E-state index contributed by atoms with van der Waals surface area (Å²) in [6.45, 7) is 2.79. The van der Waals surface area contributed by atoms with E-state index in [9.17, 15) is 4.79 Å². The lowest BCUT2D eigenvalue weighted by Crippen LogP contribution is -2.37. The van der Waals surface area contributed by atoms with E-state index in [1.54, 1.807) is 18.9 Å². The Morgan fingerprint density at radius 1 is 1.19 bits per heavy atom. The largest absolute Gasteiger partial charge is 0.497 e. The van der Waals surface area contributed by atoms with Crippen LogP contribution in [0.25, 0.3) is 0 Å². The standard InChI is InChI=1S/C21H26N2O2S/c1-25-19-7-3-5-16(13-19)15-23-11-9-17(10-12-23)21(24)22-18-6-4-8-20(14-18)26-2/h3-8,13-14,17H,9-12,15H2,1-2H3,(H,22,24). The summed E-state index contributed by atoms with van der Waals surface area (Å²) in [4.78, 5) is 16.1.